The second kappa shape index (κ2) is 14.5. The summed E-state index contributed by atoms with van der Waals surface area (Å²) in [6, 6.07) is 7.90. The number of nitrogens with one attached hydrogen (secondary N) is 2. The minimum Gasteiger partial charge on any atom is -0.444 e. The van der Waals surface area contributed by atoms with Crippen LogP contribution in [0.5, 0.6) is 0 Å². The van der Waals surface area contributed by atoms with Crippen LogP contribution in [0.15, 0.2) is 42.5 Å². The number of hydrogen-bond donors (Lipinski definition) is 2. The molecule has 1 saturated heterocycles. The van der Waals surface area contributed by atoms with Crippen molar-refractivity contribution in [2.45, 2.75) is 103 Å². The zero-order chi connectivity index (χ0) is 32.8. The van der Waals surface area contributed by atoms with Crippen LogP contribution in [0, 0.1) is 11.3 Å². The number of alkyl carbamates (subject to hydrolysis) is 1. The van der Waals surface area contributed by atoms with E-state index in [-0.39, 0.29) is 30.6 Å². The molecule has 3 amide bonds. The number of allylic oxidation sites excluding steroid dienone is 2. The zero-order valence-electron chi connectivity index (χ0n) is 26.9. The lowest BCUT2D eigenvalue weighted by Crippen LogP contribution is -2.53. The van der Waals surface area contributed by atoms with Crippen LogP contribution in [0.25, 0.3) is 0 Å². The number of hydrogen-bond acceptors (Lipinski definition) is 7. The predicted octanol–water partition coefficient (Wildman–Crippen LogP) is 3.89. The van der Waals surface area contributed by atoms with Crippen molar-refractivity contribution >= 4 is 33.9 Å². The summed E-state index contributed by atoms with van der Waals surface area (Å²) in [5.41, 5.74) is -0.957. The molecule has 0 radical (unpaired) electrons. The van der Waals surface area contributed by atoms with Crippen LogP contribution in [0.1, 0.15) is 84.1 Å². The number of carbonyl (C=O) groups excluding carboxylic acids is 4. The molecule has 248 valence electrons. The summed E-state index contributed by atoms with van der Waals surface area (Å²) in [6.07, 6.45) is 8.52. The molecule has 0 unspecified atom stereocenters. The van der Waals surface area contributed by atoms with Crippen molar-refractivity contribution < 1.29 is 32.3 Å². The van der Waals surface area contributed by atoms with Crippen molar-refractivity contribution in [3.05, 3.63) is 48.0 Å². The average molecular weight is 645 g/mol. The fraction of sp³-hybridized carbons (Fsp3) is 0.636. The molecule has 45 heavy (non-hydrogen) atoms. The zero-order valence-corrected chi connectivity index (χ0v) is 27.7. The molecule has 0 bridgehead atoms. The number of benzene rings is 1. The van der Waals surface area contributed by atoms with E-state index in [1.807, 2.05) is 42.5 Å². The molecular formula is C33H48N4O7S. The molecule has 3 aliphatic rings. The van der Waals surface area contributed by atoms with Gasteiger partial charge >= 0.3 is 16.3 Å². The fourth-order valence-electron chi connectivity index (χ4n) is 6.23. The first-order valence-corrected chi connectivity index (χ1v) is 17.5. The number of nitrogens with zero attached hydrogens (tertiary/aromatic N) is 2. The molecule has 1 aromatic rings. The Hall–Kier alpha value is -3.25. The Bertz CT molecular complexity index is 1370. The van der Waals surface area contributed by atoms with Crippen LogP contribution in [-0.2, 0) is 35.8 Å². The van der Waals surface area contributed by atoms with Crippen molar-refractivity contribution in [1.29, 1.82) is 0 Å². The lowest BCUT2D eigenvalue weighted by molar-refractivity contribution is -0.140. The van der Waals surface area contributed by atoms with Crippen molar-refractivity contribution in [3.8, 4) is 0 Å². The number of amides is 3. The van der Waals surface area contributed by atoms with E-state index in [1.54, 1.807) is 20.8 Å². The molecule has 2 heterocycles. The monoisotopic (exact) mass is 644 g/mol. The van der Waals surface area contributed by atoms with Crippen LogP contribution in [0.4, 0.5) is 4.79 Å². The fourth-order valence-corrected chi connectivity index (χ4v) is 7.15. The summed E-state index contributed by atoms with van der Waals surface area (Å²) in [4.78, 5) is 55.4. The van der Waals surface area contributed by atoms with Crippen LogP contribution in [-0.4, -0.2) is 79.1 Å². The molecule has 2 aliphatic heterocycles. The largest absolute Gasteiger partial charge is 0.444 e. The highest BCUT2D eigenvalue weighted by Gasteiger charge is 2.61. The van der Waals surface area contributed by atoms with E-state index in [4.69, 9.17) is 4.74 Å². The number of carbonyl (C=O) groups is 4. The summed E-state index contributed by atoms with van der Waals surface area (Å²) < 4.78 is 35.1. The maximum Gasteiger partial charge on any atom is 0.408 e. The summed E-state index contributed by atoms with van der Waals surface area (Å²) in [5, 5.41) is 2.73. The predicted molar refractivity (Wildman–Crippen MR) is 170 cm³/mol. The molecule has 2 N–H and O–H groups in total. The summed E-state index contributed by atoms with van der Waals surface area (Å²) in [6.45, 7) is 5.79. The van der Waals surface area contributed by atoms with Crippen molar-refractivity contribution in [3.63, 3.8) is 0 Å². The Morgan fingerprint density at radius 2 is 1.80 bits per heavy atom. The van der Waals surface area contributed by atoms with Gasteiger partial charge in [0, 0.05) is 26.6 Å². The van der Waals surface area contributed by atoms with Crippen molar-refractivity contribution in [2.24, 2.45) is 11.3 Å². The van der Waals surface area contributed by atoms with Gasteiger partial charge in [0.1, 0.15) is 11.6 Å². The van der Waals surface area contributed by atoms with E-state index in [1.165, 1.54) is 11.9 Å². The third kappa shape index (κ3) is 9.16. The molecule has 1 aromatic carbocycles. The smallest absolute Gasteiger partial charge is 0.408 e. The maximum atomic E-state index is 13.8. The second-order valence-electron chi connectivity index (χ2n) is 13.6. The minimum atomic E-state index is -4.15. The van der Waals surface area contributed by atoms with Gasteiger partial charge in [0.15, 0.2) is 5.78 Å². The minimum absolute atomic E-state index is 0.171. The Balaban J connectivity index is 1.50. The third-order valence-corrected chi connectivity index (χ3v) is 10.3. The Morgan fingerprint density at radius 3 is 2.51 bits per heavy atom. The van der Waals surface area contributed by atoms with Gasteiger partial charge in [0.25, 0.3) is 0 Å². The van der Waals surface area contributed by atoms with Gasteiger partial charge in [-0.05, 0) is 77.2 Å². The molecule has 4 atom stereocenters. The number of fused-ring (bicyclic) bond motifs is 2. The first-order chi connectivity index (χ1) is 21.2. The number of rotatable bonds is 7. The van der Waals surface area contributed by atoms with Gasteiger partial charge in [0.05, 0.1) is 11.5 Å². The third-order valence-electron chi connectivity index (χ3n) is 8.89. The van der Waals surface area contributed by atoms with Gasteiger partial charge in [0.2, 0.25) is 11.8 Å². The molecule has 1 aliphatic carbocycles. The molecule has 1 saturated carbocycles. The number of Topliss-reactive ketones (excluding diaryl/α,β-unsaturated/α-hetero) is 1. The van der Waals surface area contributed by atoms with Crippen LogP contribution >= 0.6 is 0 Å². The molecular weight excluding hydrogens is 596 g/mol. The normalized spacial score (nSPS) is 27.0. The molecule has 0 spiro atoms. The first kappa shape index (κ1) is 34.6. The maximum absolute atomic E-state index is 13.8. The standard InChI is InChI=1S/C33H48N4O7S/c1-32(2,3)44-31(41)34-26-17-12-7-5-6-11-16-25-22-33(25,23-28(38)27-18-13-20-37(27)29(26)39)30(40)35-45(42,43)36(4)21-19-24-14-9-8-10-15-24/h8-11,14-16,25-27H,5-7,12-13,17-23H2,1-4H3,(H,34,41)(H,35,40)/b16-11-/t25-,26+,27+,33-/m1/s1. The quantitative estimate of drug-likeness (QED) is 0.429. The van der Waals surface area contributed by atoms with Gasteiger partial charge < -0.3 is 15.0 Å². The summed E-state index contributed by atoms with van der Waals surface area (Å²) >= 11 is 0. The van der Waals surface area contributed by atoms with Crippen LogP contribution in [0.3, 0.4) is 0 Å². The average Bonchev–Trinajstić information content (AvgIpc) is 3.43. The highest BCUT2D eigenvalue weighted by molar-refractivity contribution is 7.87. The topological polar surface area (TPSA) is 142 Å². The van der Waals surface area contributed by atoms with E-state index in [0.717, 1.165) is 29.1 Å². The molecule has 4 rings (SSSR count). The van der Waals surface area contributed by atoms with Crippen LogP contribution < -0.4 is 10.0 Å². The van der Waals surface area contributed by atoms with E-state index >= 15 is 0 Å². The second-order valence-corrected chi connectivity index (χ2v) is 15.3. The first-order valence-electron chi connectivity index (χ1n) is 16.0. The summed E-state index contributed by atoms with van der Waals surface area (Å²) in [7, 11) is -2.73. The van der Waals surface area contributed by atoms with E-state index in [0.29, 0.717) is 45.1 Å². The van der Waals surface area contributed by atoms with Gasteiger partial charge in [-0.2, -0.15) is 12.7 Å². The summed E-state index contributed by atoms with van der Waals surface area (Å²) in [5.74, 6) is -1.57. The highest BCUT2D eigenvalue weighted by Crippen LogP contribution is 2.57. The van der Waals surface area contributed by atoms with Gasteiger partial charge in [-0.3, -0.25) is 14.4 Å². The van der Waals surface area contributed by atoms with Gasteiger partial charge in [-0.25, -0.2) is 9.52 Å². The number of likely N-dealkylation sites (N-methyl/N-ethyl adjacent to an activating group) is 1. The molecule has 0 aromatic heterocycles. The SMILES string of the molecule is CN(CCc1ccccc1)S(=O)(=O)NC(=O)[C@]12CC(=O)[C@@H]3CCCN3C(=O)[C@@H](NC(=O)OC(C)(C)C)CCCCC/C=C\[C@@H]1C2. The number of ketones is 1. The Morgan fingerprint density at radius 1 is 1.07 bits per heavy atom. The van der Waals surface area contributed by atoms with E-state index in [9.17, 15) is 27.6 Å². The highest BCUT2D eigenvalue weighted by atomic mass is 32.2. The van der Waals surface area contributed by atoms with Gasteiger partial charge in [-0.1, -0.05) is 55.3 Å². The van der Waals surface area contributed by atoms with Crippen molar-refractivity contribution in [1.82, 2.24) is 19.2 Å². The molecule has 11 nitrogen and oxygen atoms in total. The van der Waals surface area contributed by atoms with Crippen LogP contribution in [0.2, 0.25) is 0 Å². The lowest BCUT2D eigenvalue weighted by Gasteiger charge is -2.30. The van der Waals surface area contributed by atoms with E-state index < -0.39 is 45.3 Å². The molecule has 12 heteroatoms. The Labute approximate surface area is 267 Å². The van der Waals surface area contributed by atoms with Crippen molar-refractivity contribution in [2.75, 3.05) is 20.1 Å². The molecule has 2 fully saturated rings. The number of ether oxygens (including phenoxy) is 1. The van der Waals surface area contributed by atoms with E-state index in [2.05, 4.69) is 10.0 Å². The van der Waals surface area contributed by atoms with Gasteiger partial charge in [-0.15, -0.1) is 0 Å². The Kier molecular flexibility index (Phi) is 11.1. The lowest BCUT2D eigenvalue weighted by atomic mass is 9.91.